The molecule has 126 valence electrons. The summed E-state index contributed by atoms with van der Waals surface area (Å²) in [6.45, 7) is 2.88. The summed E-state index contributed by atoms with van der Waals surface area (Å²) in [7, 11) is 1.95. The monoisotopic (exact) mass is 326 g/mol. The van der Waals surface area contributed by atoms with Crippen LogP contribution in [0.15, 0.2) is 49.1 Å². The Morgan fingerprint density at radius 1 is 1.29 bits per heavy atom. The fourth-order valence-corrected chi connectivity index (χ4v) is 2.85. The summed E-state index contributed by atoms with van der Waals surface area (Å²) in [5.41, 5.74) is 2.16. The van der Waals surface area contributed by atoms with E-state index in [-0.39, 0.29) is 12.0 Å². The van der Waals surface area contributed by atoms with E-state index >= 15 is 0 Å². The van der Waals surface area contributed by atoms with Crippen molar-refractivity contribution in [2.45, 2.75) is 12.6 Å². The van der Waals surface area contributed by atoms with Crippen molar-refractivity contribution in [3.05, 3.63) is 60.2 Å². The number of nitrogens with zero attached hydrogens (tertiary/aromatic N) is 4. The van der Waals surface area contributed by atoms with Gasteiger partial charge in [0.2, 0.25) is 5.91 Å². The van der Waals surface area contributed by atoms with Gasteiger partial charge in [-0.25, -0.2) is 0 Å². The molecular weight excluding hydrogens is 304 g/mol. The molecule has 1 unspecified atom stereocenters. The molecule has 0 spiro atoms. The van der Waals surface area contributed by atoms with Crippen LogP contribution in [0.25, 0.3) is 0 Å². The first-order valence-electron chi connectivity index (χ1n) is 8.09. The highest BCUT2D eigenvalue weighted by Crippen LogP contribution is 2.21. The molecule has 3 rings (SSSR count). The van der Waals surface area contributed by atoms with Gasteiger partial charge in [0.25, 0.3) is 0 Å². The molecule has 2 aromatic heterocycles. The highest BCUT2D eigenvalue weighted by Gasteiger charge is 2.25. The first-order valence-corrected chi connectivity index (χ1v) is 8.09. The van der Waals surface area contributed by atoms with Gasteiger partial charge >= 0.3 is 0 Å². The second-order valence-electron chi connectivity index (χ2n) is 6.01. The first kappa shape index (κ1) is 16.5. The number of amides is 1. The molecule has 1 fully saturated rings. The van der Waals surface area contributed by atoms with E-state index in [2.05, 4.69) is 9.97 Å². The van der Waals surface area contributed by atoms with Gasteiger partial charge in [-0.3, -0.25) is 19.7 Å². The van der Waals surface area contributed by atoms with Gasteiger partial charge in [0.15, 0.2) is 0 Å². The fourth-order valence-electron chi connectivity index (χ4n) is 2.85. The maximum Gasteiger partial charge on any atom is 0.236 e. The molecule has 0 bridgehead atoms. The molecule has 24 heavy (non-hydrogen) atoms. The lowest BCUT2D eigenvalue weighted by Gasteiger charge is -2.34. The average Bonchev–Trinajstić information content (AvgIpc) is 2.63. The number of pyridine rings is 2. The normalized spacial score (nSPS) is 17.9. The molecular formula is C18H22N4O2. The highest BCUT2D eigenvalue weighted by molar-refractivity contribution is 5.78. The Labute approximate surface area is 142 Å². The van der Waals surface area contributed by atoms with Crippen molar-refractivity contribution in [2.75, 3.05) is 33.3 Å². The Balaban J connectivity index is 1.54. The van der Waals surface area contributed by atoms with Crippen LogP contribution in [0.1, 0.15) is 17.2 Å². The number of carbonyl (C=O) groups is 1. The van der Waals surface area contributed by atoms with Gasteiger partial charge in [0, 0.05) is 37.9 Å². The van der Waals surface area contributed by atoms with Crippen LogP contribution in [0, 0.1) is 0 Å². The molecule has 1 saturated heterocycles. The van der Waals surface area contributed by atoms with E-state index in [0.717, 1.165) is 11.1 Å². The second-order valence-corrected chi connectivity index (χ2v) is 6.01. The molecule has 0 radical (unpaired) electrons. The van der Waals surface area contributed by atoms with Gasteiger partial charge in [-0.05, 0) is 36.4 Å². The number of ether oxygens (including phenoxy) is 1. The van der Waals surface area contributed by atoms with Gasteiger partial charge in [-0.15, -0.1) is 0 Å². The zero-order valence-corrected chi connectivity index (χ0v) is 13.8. The SMILES string of the molecule is CN(CC(=O)N1CCOC(c2ccncc2)C1)Cc1cccnc1. The average molecular weight is 326 g/mol. The van der Waals surface area contributed by atoms with Crippen molar-refractivity contribution in [2.24, 2.45) is 0 Å². The van der Waals surface area contributed by atoms with Gasteiger partial charge in [-0.1, -0.05) is 6.07 Å². The molecule has 2 aromatic rings. The number of morpholine rings is 1. The number of hydrogen-bond acceptors (Lipinski definition) is 5. The van der Waals surface area contributed by atoms with E-state index in [1.165, 1.54) is 0 Å². The summed E-state index contributed by atoms with van der Waals surface area (Å²) in [6.07, 6.45) is 7.01. The largest absolute Gasteiger partial charge is 0.370 e. The molecule has 6 heteroatoms. The summed E-state index contributed by atoms with van der Waals surface area (Å²) in [5, 5.41) is 0. The molecule has 1 aliphatic heterocycles. The van der Waals surface area contributed by atoms with Crippen molar-refractivity contribution in [1.82, 2.24) is 19.8 Å². The van der Waals surface area contributed by atoms with Crippen LogP contribution in [0.2, 0.25) is 0 Å². The van der Waals surface area contributed by atoms with Crippen LogP contribution in [0.5, 0.6) is 0 Å². The van der Waals surface area contributed by atoms with Crippen molar-refractivity contribution >= 4 is 5.91 Å². The second kappa shape index (κ2) is 7.99. The predicted molar refractivity (Wildman–Crippen MR) is 90.1 cm³/mol. The van der Waals surface area contributed by atoms with Gasteiger partial charge in [0.05, 0.1) is 19.7 Å². The standard InChI is InChI=1S/C18H22N4O2/c1-21(12-15-3-2-6-20-11-15)14-18(23)22-9-10-24-17(13-22)16-4-7-19-8-5-16/h2-8,11,17H,9-10,12-14H2,1H3. The van der Waals surface area contributed by atoms with Crippen LogP contribution < -0.4 is 0 Å². The molecule has 1 atom stereocenters. The predicted octanol–water partition coefficient (Wildman–Crippen LogP) is 1.51. The summed E-state index contributed by atoms with van der Waals surface area (Å²) in [6, 6.07) is 7.80. The smallest absolute Gasteiger partial charge is 0.236 e. The minimum Gasteiger partial charge on any atom is -0.370 e. The number of hydrogen-bond donors (Lipinski definition) is 0. The quantitative estimate of drug-likeness (QED) is 0.833. The molecule has 1 aliphatic rings. The third kappa shape index (κ3) is 4.37. The first-order chi connectivity index (χ1) is 11.7. The van der Waals surface area contributed by atoms with E-state index in [1.54, 1.807) is 18.6 Å². The lowest BCUT2D eigenvalue weighted by Crippen LogP contribution is -2.46. The maximum atomic E-state index is 12.6. The van der Waals surface area contributed by atoms with E-state index in [1.807, 2.05) is 47.3 Å². The number of carbonyl (C=O) groups excluding carboxylic acids is 1. The Bertz CT molecular complexity index is 651. The molecule has 0 N–H and O–H groups in total. The van der Waals surface area contributed by atoms with Gasteiger partial charge < -0.3 is 9.64 Å². The van der Waals surface area contributed by atoms with Gasteiger partial charge in [0.1, 0.15) is 6.10 Å². The van der Waals surface area contributed by atoms with Crippen molar-refractivity contribution in [3.63, 3.8) is 0 Å². The van der Waals surface area contributed by atoms with Crippen LogP contribution in [-0.4, -0.2) is 59.0 Å². The fraction of sp³-hybridized carbons (Fsp3) is 0.389. The summed E-state index contributed by atoms with van der Waals surface area (Å²) in [5.74, 6) is 0.128. The minimum atomic E-state index is -0.0747. The van der Waals surface area contributed by atoms with Crippen LogP contribution in [-0.2, 0) is 16.1 Å². The zero-order chi connectivity index (χ0) is 16.8. The minimum absolute atomic E-state index is 0.0747. The third-order valence-corrected chi connectivity index (χ3v) is 4.08. The molecule has 0 saturated carbocycles. The molecule has 6 nitrogen and oxygen atoms in total. The Hall–Kier alpha value is -2.31. The Morgan fingerprint density at radius 3 is 2.88 bits per heavy atom. The topological polar surface area (TPSA) is 58.6 Å². The number of likely N-dealkylation sites (N-methyl/N-ethyl adjacent to an activating group) is 1. The van der Waals surface area contributed by atoms with E-state index in [0.29, 0.717) is 32.8 Å². The lowest BCUT2D eigenvalue weighted by atomic mass is 10.1. The Morgan fingerprint density at radius 2 is 2.12 bits per heavy atom. The van der Waals surface area contributed by atoms with Crippen molar-refractivity contribution in [1.29, 1.82) is 0 Å². The number of rotatable bonds is 5. The van der Waals surface area contributed by atoms with Crippen molar-refractivity contribution < 1.29 is 9.53 Å². The van der Waals surface area contributed by atoms with Crippen molar-refractivity contribution in [3.8, 4) is 0 Å². The highest BCUT2D eigenvalue weighted by atomic mass is 16.5. The Kier molecular flexibility index (Phi) is 5.51. The van der Waals surface area contributed by atoms with Crippen LogP contribution in [0.4, 0.5) is 0 Å². The van der Waals surface area contributed by atoms with E-state index in [4.69, 9.17) is 4.74 Å². The van der Waals surface area contributed by atoms with E-state index in [9.17, 15) is 4.79 Å². The van der Waals surface area contributed by atoms with Gasteiger partial charge in [-0.2, -0.15) is 0 Å². The van der Waals surface area contributed by atoms with E-state index < -0.39 is 0 Å². The molecule has 0 aliphatic carbocycles. The van der Waals surface area contributed by atoms with Crippen LogP contribution >= 0.6 is 0 Å². The lowest BCUT2D eigenvalue weighted by molar-refractivity contribution is -0.140. The molecule has 0 aromatic carbocycles. The summed E-state index contributed by atoms with van der Waals surface area (Å²) < 4.78 is 5.80. The summed E-state index contributed by atoms with van der Waals surface area (Å²) in [4.78, 5) is 24.6. The molecule has 3 heterocycles. The maximum absolute atomic E-state index is 12.6. The molecule has 1 amide bonds. The number of aromatic nitrogens is 2. The zero-order valence-electron chi connectivity index (χ0n) is 13.8. The third-order valence-electron chi connectivity index (χ3n) is 4.08. The van der Waals surface area contributed by atoms with Crippen LogP contribution in [0.3, 0.4) is 0 Å². The summed E-state index contributed by atoms with van der Waals surface area (Å²) >= 11 is 0.